The lowest BCUT2D eigenvalue weighted by Crippen LogP contribution is -2.45. The van der Waals surface area contributed by atoms with Gasteiger partial charge >= 0.3 is 0 Å². The third kappa shape index (κ3) is 3.99. The maximum Gasteiger partial charge on any atom is 0.246 e. The number of hydrogen-bond acceptors (Lipinski definition) is 6. The van der Waals surface area contributed by atoms with Gasteiger partial charge in [0.15, 0.2) is 5.76 Å². The van der Waals surface area contributed by atoms with Crippen LogP contribution < -0.4 is 4.72 Å². The van der Waals surface area contributed by atoms with Gasteiger partial charge in [0.2, 0.25) is 10.0 Å². The maximum absolute atomic E-state index is 12.6. The van der Waals surface area contributed by atoms with Crippen LogP contribution in [0.15, 0.2) is 44.2 Å². The van der Waals surface area contributed by atoms with E-state index < -0.39 is 10.0 Å². The number of sulfonamides is 1. The van der Waals surface area contributed by atoms with Gasteiger partial charge in [-0.1, -0.05) is 23.4 Å². The molecule has 1 aromatic carbocycles. The molecular weight excluding hydrogens is 378 g/mol. The van der Waals surface area contributed by atoms with Crippen molar-refractivity contribution >= 4 is 21.0 Å². The summed E-state index contributed by atoms with van der Waals surface area (Å²) >= 11 is 0. The number of likely N-dealkylation sites (tertiary alicyclic amines) is 1. The molecule has 1 aliphatic heterocycles. The topological polar surface area (TPSA) is 88.6 Å². The summed E-state index contributed by atoms with van der Waals surface area (Å²) in [6.07, 6.45) is 2.41. The van der Waals surface area contributed by atoms with Crippen LogP contribution in [-0.2, 0) is 16.4 Å². The number of para-hydroxylation sites is 1. The molecule has 2 aromatic heterocycles. The lowest BCUT2D eigenvalue weighted by molar-refractivity contribution is 0.206. The molecule has 0 atom stereocenters. The molecule has 0 aliphatic carbocycles. The predicted molar refractivity (Wildman–Crippen MR) is 106 cm³/mol. The number of piperidine rings is 1. The predicted octanol–water partition coefficient (Wildman–Crippen LogP) is 3.02. The number of nitrogens with one attached hydrogen (secondary N) is 1. The van der Waals surface area contributed by atoms with Crippen molar-refractivity contribution in [2.45, 2.75) is 44.0 Å². The SMILES string of the molecule is Cc1noc(C)c1S(=O)(=O)NC1CCN(CCc2cc3ccccc3o2)CC1. The highest BCUT2D eigenvalue weighted by Crippen LogP contribution is 2.22. The average Bonchev–Trinajstić information content (AvgIpc) is 3.23. The molecule has 3 heterocycles. The number of benzene rings is 1. The van der Waals surface area contributed by atoms with E-state index in [9.17, 15) is 8.42 Å². The lowest BCUT2D eigenvalue weighted by atomic mass is 10.1. The number of rotatable bonds is 6. The Balaban J connectivity index is 1.30. The number of nitrogens with zero attached hydrogens (tertiary/aromatic N) is 2. The zero-order valence-corrected chi connectivity index (χ0v) is 17.0. The molecule has 1 saturated heterocycles. The van der Waals surface area contributed by atoms with Gasteiger partial charge < -0.3 is 13.8 Å². The van der Waals surface area contributed by atoms with E-state index in [1.165, 1.54) is 0 Å². The average molecular weight is 404 g/mol. The summed E-state index contributed by atoms with van der Waals surface area (Å²) in [5.41, 5.74) is 1.32. The van der Waals surface area contributed by atoms with Gasteiger partial charge in [-0.15, -0.1) is 0 Å². The van der Waals surface area contributed by atoms with Crippen LogP contribution in [0.2, 0.25) is 0 Å². The maximum atomic E-state index is 12.6. The first kappa shape index (κ1) is 19.2. The first-order chi connectivity index (χ1) is 13.4. The van der Waals surface area contributed by atoms with Gasteiger partial charge in [-0.2, -0.15) is 0 Å². The van der Waals surface area contributed by atoms with E-state index in [0.717, 1.165) is 55.6 Å². The normalized spacial score (nSPS) is 16.8. The van der Waals surface area contributed by atoms with Gasteiger partial charge in [0.1, 0.15) is 21.9 Å². The Kier molecular flexibility index (Phi) is 5.27. The molecule has 7 nitrogen and oxygen atoms in total. The minimum atomic E-state index is -3.61. The Morgan fingerprint density at radius 2 is 1.96 bits per heavy atom. The smallest absolute Gasteiger partial charge is 0.246 e. The third-order valence-electron chi connectivity index (χ3n) is 5.30. The number of fused-ring (bicyclic) bond motifs is 1. The van der Waals surface area contributed by atoms with Crippen molar-refractivity contribution in [1.82, 2.24) is 14.8 Å². The Morgan fingerprint density at radius 3 is 2.64 bits per heavy atom. The summed E-state index contributed by atoms with van der Waals surface area (Å²) in [6.45, 7) is 5.88. The van der Waals surface area contributed by atoms with Gasteiger partial charge in [0, 0.05) is 24.4 Å². The Bertz CT molecular complexity index is 1010. The molecular formula is C20H25N3O4S. The van der Waals surface area contributed by atoms with E-state index in [-0.39, 0.29) is 10.9 Å². The van der Waals surface area contributed by atoms with Crippen molar-refractivity contribution in [2.75, 3.05) is 19.6 Å². The number of aryl methyl sites for hydroxylation is 2. The van der Waals surface area contributed by atoms with E-state index in [2.05, 4.69) is 26.9 Å². The quantitative estimate of drug-likeness (QED) is 0.681. The molecule has 0 radical (unpaired) electrons. The Hall–Kier alpha value is -2.16. The molecule has 0 saturated carbocycles. The van der Waals surface area contributed by atoms with Gasteiger partial charge in [-0.25, -0.2) is 13.1 Å². The molecule has 4 rings (SSSR count). The van der Waals surface area contributed by atoms with Crippen LogP contribution >= 0.6 is 0 Å². The fourth-order valence-corrected chi connectivity index (χ4v) is 5.47. The largest absolute Gasteiger partial charge is 0.461 e. The second kappa shape index (κ2) is 7.69. The van der Waals surface area contributed by atoms with Gasteiger partial charge in [0.05, 0.1) is 0 Å². The summed E-state index contributed by atoms with van der Waals surface area (Å²) in [5.74, 6) is 1.32. The minimum Gasteiger partial charge on any atom is -0.461 e. The molecule has 8 heteroatoms. The van der Waals surface area contributed by atoms with Crippen LogP contribution in [0.3, 0.4) is 0 Å². The van der Waals surface area contributed by atoms with E-state index in [0.29, 0.717) is 11.5 Å². The molecule has 0 spiro atoms. The molecule has 1 N–H and O–H groups in total. The number of furan rings is 1. The highest BCUT2D eigenvalue weighted by Gasteiger charge is 2.29. The summed E-state index contributed by atoms with van der Waals surface area (Å²) in [5, 5.41) is 4.87. The lowest BCUT2D eigenvalue weighted by Gasteiger charge is -2.31. The molecule has 0 amide bonds. The first-order valence-electron chi connectivity index (χ1n) is 9.57. The van der Waals surface area contributed by atoms with Crippen molar-refractivity contribution in [3.05, 3.63) is 47.5 Å². The van der Waals surface area contributed by atoms with Crippen LogP contribution in [0.25, 0.3) is 11.0 Å². The fraction of sp³-hybridized carbons (Fsp3) is 0.450. The second-order valence-electron chi connectivity index (χ2n) is 7.39. The number of hydrogen-bond donors (Lipinski definition) is 1. The fourth-order valence-electron chi connectivity index (χ4n) is 3.84. The first-order valence-corrected chi connectivity index (χ1v) is 11.1. The van der Waals surface area contributed by atoms with E-state index in [4.69, 9.17) is 8.94 Å². The molecule has 1 fully saturated rings. The van der Waals surface area contributed by atoms with Gasteiger partial charge in [-0.05, 0) is 51.9 Å². The van der Waals surface area contributed by atoms with Crippen molar-refractivity contribution in [2.24, 2.45) is 0 Å². The van der Waals surface area contributed by atoms with Crippen LogP contribution in [0.5, 0.6) is 0 Å². The molecule has 28 heavy (non-hydrogen) atoms. The minimum absolute atomic E-state index is 0.0684. The van der Waals surface area contributed by atoms with Crippen molar-refractivity contribution in [1.29, 1.82) is 0 Å². The van der Waals surface area contributed by atoms with Crippen LogP contribution in [0, 0.1) is 13.8 Å². The van der Waals surface area contributed by atoms with Crippen molar-refractivity contribution < 1.29 is 17.4 Å². The van der Waals surface area contributed by atoms with Gasteiger partial charge in [-0.3, -0.25) is 0 Å². The highest BCUT2D eigenvalue weighted by molar-refractivity contribution is 7.89. The monoisotopic (exact) mass is 403 g/mol. The van der Waals surface area contributed by atoms with Crippen LogP contribution in [0.1, 0.15) is 30.1 Å². The molecule has 150 valence electrons. The summed E-state index contributed by atoms with van der Waals surface area (Å²) in [7, 11) is -3.61. The molecule has 0 bridgehead atoms. The van der Waals surface area contributed by atoms with E-state index in [1.54, 1.807) is 13.8 Å². The van der Waals surface area contributed by atoms with E-state index in [1.807, 2.05) is 18.2 Å². The van der Waals surface area contributed by atoms with Crippen molar-refractivity contribution in [3.8, 4) is 0 Å². The molecule has 3 aromatic rings. The molecule has 1 aliphatic rings. The Morgan fingerprint density at radius 1 is 1.21 bits per heavy atom. The zero-order chi connectivity index (χ0) is 19.7. The summed E-state index contributed by atoms with van der Waals surface area (Å²) in [4.78, 5) is 2.52. The molecule has 0 unspecified atom stereocenters. The Labute approximate surface area is 164 Å². The standard InChI is InChI=1S/C20H25N3O4S/c1-14-20(15(2)27-21-14)28(24,25)22-17-7-10-23(11-8-17)12-9-18-13-16-5-3-4-6-19(16)26-18/h3-6,13,17,22H,7-12H2,1-2H3. The zero-order valence-electron chi connectivity index (χ0n) is 16.1. The number of aromatic nitrogens is 1. The van der Waals surface area contributed by atoms with Crippen LogP contribution in [-0.4, -0.2) is 44.2 Å². The van der Waals surface area contributed by atoms with Crippen LogP contribution in [0.4, 0.5) is 0 Å². The van der Waals surface area contributed by atoms with E-state index >= 15 is 0 Å². The van der Waals surface area contributed by atoms with Gasteiger partial charge in [0.25, 0.3) is 0 Å². The summed E-state index contributed by atoms with van der Waals surface area (Å²) in [6, 6.07) is 10.1. The third-order valence-corrected chi connectivity index (χ3v) is 7.06. The van der Waals surface area contributed by atoms with Crippen molar-refractivity contribution in [3.63, 3.8) is 0 Å². The second-order valence-corrected chi connectivity index (χ2v) is 9.04. The highest BCUT2D eigenvalue weighted by atomic mass is 32.2. The summed E-state index contributed by atoms with van der Waals surface area (Å²) < 4.78 is 39.0.